The fourth-order valence-corrected chi connectivity index (χ4v) is 4.26. The Morgan fingerprint density at radius 3 is 2.79 bits per heavy atom. The maximum Gasteiger partial charge on any atom is 0.219 e. The van der Waals surface area contributed by atoms with Gasteiger partial charge in [-0.25, -0.2) is 19.9 Å². The third kappa shape index (κ3) is 4.78. The molecule has 0 unspecified atom stereocenters. The summed E-state index contributed by atoms with van der Waals surface area (Å²) in [5.41, 5.74) is 7.31. The van der Waals surface area contributed by atoms with E-state index in [0.29, 0.717) is 19.0 Å². The van der Waals surface area contributed by atoms with Gasteiger partial charge >= 0.3 is 0 Å². The first-order valence-electron chi connectivity index (χ1n) is 9.65. The Hall–Kier alpha value is -2.40. The number of ether oxygens (including phenoxy) is 2. The van der Waals surface area contributed by atoms with Gasteiger partial charge in [0.25, 0.3) is 0 Å². The second kappa shape index (κ2) is 9.40. The molecular weight excluding hydrogens is 390 g/mol. The zero-order valence-electron chi connectivity index (χ0n) is 16.4. The minimum absolute atomic E-state index is 0.237. The topological polar surface area (TPSA) is 111 Å². The summed E-state index contributed by atoms with van der Waals surface area (Å²) in [6.07, 6.45) is 4.32. The Morgan fingerprint density at radius 2 is 2.03 bits per heavy atom. The number of fused-ring (bicyclic) bond motifs is 1. The molecule has 1 saturated heterocycles. The van der Waals surface area contributed by atoms with E-state index in [2.05, 4.69) is 26.3 Å². The van der Waals surface area contributed by atoms with Gasteiger partial charge in [0.2, 0.25) is 5.95 Å². The zero-order chi connectivity index (χ0) is 20.1. The standard InChI is InChI=1S/C19H25N7O2S/c1-27-6-2-3-21-12-14-9-15-16(29-14)18(26-4-7-28-8-5-26)25-17(24-15)13-10-22-19(20)23-11-13/h9-11,21H,2-8,12H2,1H3,(H2,20,22,23). The van der Waals surface area contributed by atoms with E-state index in [0.717, 1.165) is 60.8 Å². The van der Waals surface area contributed by atoms with E-state index in [1.54, 1.807) is 30.8 Å². The number of rotatable bonds is 8. The van der Waals surface area contributed by atoms with Crippen LogP contribution in [0.2, 0.25) is 0 Å². The van der Waals surface area contributed by atoms with Crippen molar-refractivity contribution in [3.63, 3.8) is 0 Å². The molecule has 1 aliphatic rings. The van der Waals surface area contributed by atoms with Crippen molar-refractivity contribution >= 4 is 33.3 Å². The number of aromatic nitrogens is 4. The lowest BCUT2D eigenvalue weighted by Gasteiger charge is -2.28. The van der Waals surface area contributed by atoms with E-state index in [1.165, 1.54) is 4.88 Å². The van der Waals surface area contributed by atoms with Crippen LogP contribution in [0, 0.1) is 0 Å². The number of methoxy groups -OCH3 is 1. The predicted octanol–water partition coefficient (Wildman–Crippen LogP) is 1.69. The molecule has 154 valence electrons. The van der Waals surface area contributed by atoms with Crippen molar-refractivity contribution in [2.75, 3.05) is 57.2 Å². The number of anilines is 2. The SMILES string of the molecule is COCCCNCc1cc2nc(-c3cnc(N)nc3)nc(N3CCOCC3)c2s1. The maximum absolute atomic E-state index is 5.62. The highest BCUT2D eigenvalue weighted by Gasteiger charge is 2.20. The lowest BCUT2D eigenvalue weighted by molar-refractivity contribution is 0.122. The van der Waals surface area contributed by atoms with Crippen LogP contribution in [-0.4, -0.2) is 66.5 Å². The smallest absolute Gasteiger partial charge is 0.219 e. The summed E-state index contributed by atoms with van der Waals surface area (Å²) in [7, 11) is 1.72. The summed E-state index contributed by atoms with van der Waals surface area (Å²) in [6.45, 7) is 5.50. The fraction of sp³-hybridized carbons (Fsp3) is 0.474. The molecule has 0 amide bonds. The third-order valence-electron chi connectivity index (χ3n) is 4.65. The van der Waals surface area contributed by atoms with Gasteiger partial charge in [0.05, 0.1) is 29.0 Å². The van der Waals surface area contributed by atoms with Crippen molar-refractivity contribution in [1.29, 1.82) is 0 Å². The molecule has 0 aliphatic carbocycles. The van der Waals surface area contributed by atoms with Gasteiger partial charge in [-0.15, -0.1) is 11.3 Å². The molecule has 9 nitrogen and oxygen atoms in total. The fourth-order valence-electron chi connectivity index (χ4n) is 3.18. The highest BCUT2D eigenvalue weighted by atomic mass is 32.1. The minimum atomic E-state index is 0.237. The minimum Gasteiger partial charge on any atom is -0.385 e. The number of hydrogen-bond acceptors (Lipinski definition) is 10. The Kier molecular flexibility index (Phi) is 6.45. The van der Waals surface area contributed by atoms with Crippen LogP contribution < -0.4 is 16.0 Å². The van der Waals surface area contributed by atoms with Crippen LogP contribution in [0.3, 0.4) is 0 Å². The number of nitrogens with one attached hydrogen (secondary N) is 1. The molecule has 3 aromatic rings. The van der Waals surface area contributed by atoms with Crippen LogP contribution in [0.25, 0.3) is 21.6 Å². The van der Waals surface area contributed by atoms with Crippen molar-refractivity contribution in [3.05, 3.63) is 23.3 Å². The largest absolute Gasteiger partial charge is 0.385 e. The summed E-state index contributed by atoms with van der Waals surface area (Å²) >= 11 is 1.74. The number of nitrogens with zero attached hydrogens (tertiary/aromatic N) is 5. The van der Waals surface area contributed by atoms with Crippen LogP contribution in [-0.2, 0) is 16.0 Å². The molecule has 1 fully saturated rings. The van der Waals surface area contributed by atoms with E-state index in [-0.39, 0.29) is 5.95 Å². The van der Waals surface area contributed by atoms with Gasteiger partial charge in [0, 0.05) is 50.6 Å². The van der Waals surface area contributed by atoms with Crippen molar-refractivity contribution < 1.29 is 9.47 Å². The van der Waals surface area contributed by atoms with E-state index in [1.807, 2.05) is 0 Å². The summed E-state index contributed by atoms with van der Waals surface area (Å²) in [5.74, 6) is 1.79. The van der Waals surface area contributed by atoms with Gasteiger partial charge in [-0.05, 0) is 19.0 Å². The van der Waals surface area contributed by atoms with Crippen molar-refractivity contribution in [2.45, 2.75) is 13.0 Å². The first-order valence-corrected chi connectivity index (χ1v) is 10.5. The molecule has 0 saturated carbocycles. The molecule has 4 rings (SSSR count). The van der Waals surface area contributed by atoms with Crippen LogP contribution in [0.5, 0.6) is 0 Å². The molecular formula is C19H25N7O2S. The van der Waals surface area contributed by atoms with Crippen LogP contribution in [0.15, 0.2) is 18.5 Å². The molecule has 0 atom stereocenters. The third-order valence-corrected chi connectivity index (χ3v) is 5.77. The van der Waals surface area contributed by atoms with Crippen LogP contribution >= 0.6 is 11.3 Å². The molecule has 29 heavy (non-hydrogen) atoms. The molecule has 1 aliphatic heterocycles. The van der Waals surface area contributed by atoms with Crippen molar-refractivity contribution in [1.82, 2.24) is 25.3 Å². The van der Waals surface area contributed by atoms with E-state index in [4.69, 9.17) is 25.2 Å². The van der Waals surface area contributed by atoms with Gasteiger partial charge < -0.3 is 25.4 Å². The second-order valence-corrected chi connectivity index (χ2v) is 7.89. The van der Waals surface area contributed by atoms with Gasteiger partial charge in [-0.1, -0.05) is 0 Å². The van der Waals surface area contributed by atoms with Gasteiger partial charge in [-0.2, -0.15) is 0 Å². The number of thiophene rings is 1. The number of morpholine rings is 1. The molecule has 0 bridgehead atoms. The molecule has 10 heteroatoms. The predicted molar refractivity (Wildman–Crippen MR) is 114 cm³/mol. The van der Waals surface area contributed by atoms with Gasteiger partial charge in [0.15, 0.2) is 11.6 Å². The van der Waals surface area contributed by atoms with Crippen molar-refractivity contribution in [3.8, 4) is 11.4 Å². The van der Waals surface area contributed by atoms with Crippen molar-refractivity contribution in [2.24, 2.45) is 0 Å². The molecule has 0 aromatic carbocycles. The monoisotopic (exact) mass is 415 g/mol. The highest BCUT2D eigenvalue weighted by Crippen LogP contribution is 2.34. The normalized spacial score (nSPS) is 14.6. The Bertz CT molecular complexity index is 942. The number of nitrogens with two attached hydrogens (primary N) is 1. The molecule has 0 radical (unpaired) electrons. The second-order valence-electron chi connectivity index (χ2n) is 6.75. The lowest BCUT2D eigenvalue weighted by Crippen LogP contribution is -2.36. The maximum atomic E-state index is 5.62. The van der Waals surface area contributed by atoms with Gasteiger partial charge in [-0.3, -0.25) is 0 Å². The Labute approximate surface area is 173 Å². The van der Waals surface area contributed by atoms with E-state index < -0.39 is 0 Å². The number of hydrogen-bond donors (Lipinski definition) is 2. The molecule has 0 spiro atoms. The Balaban J connectivity index is 1.65. The van der Waals surface area contributed by atoms with Crippen LogP contribution in [0.4, 0.5) is 11.8 Å². The zero-order valence-corrected chi connectivity index (χ0v) is 17.2. The molecule has 3 N–H and O–H groups in total. The molecule has 4 heterocycles. The van der Waals surface area contributed by atoms with Gasteiger partial charge in [0.1, 0.15) is 0 Å². The quantitative estimate of drug-likeness (QED) is 0.531. The van der Waals surface area contributed by atoms with E-state index in [9.17, 15) is 0 Å². The Morgan fingerprint density at radius 1 is 1.24 bits per heavy atom. The first kappa shape index (κ1) is 19.9. The molecule has 3 aromatic heterocycles. The highest BCUT2D eigenvalue weighted by molar-refractivity contribution is 7.19. The summed E-state index contributed by atoms with van der Waals surface area (Å²) in [4.78, 5) is 21.3. The summed E-state index contributed by atoms with van der Waals surface area (Å²) in [5, 5.41) is 3.46. The lowest BCUT2D eigenvalue weighted by atomic mass is 10.3. The van der Waals surface area contributed by atoms with Crippen LogP contribution in [0.1, 0.15) is 11.3 Å². The average Bonchev–Trinajstić information content (AvgIpc) is 3.17. The first-order chi connectivity index (χ1) is 14.2. The number of nitrogen functional groups attached to an aromatic ring is 1. The average molecular weight is 416 g/mol. The summed E-state index contributed by atoms with van der Waals surface area (Å²) < 4.78 is 11.7. The summed E-state index contributed by atoms with van der Waals surface area (Å²) in [6, 6.07) is 2.14. The van der Waals surface area contributed by atoms with E-state index >= 15 is 0 Å².